The third kappa shape index (κ3) is 4.89. The summed E-state index contributed by atoms with van der Waals surface area (Å²) in [5.41, 5.74) is 2.29. The lowest BCUT2D eigenvalue weighted by atomic mass is 9.91. The van der Waals surface area contributed by atoms with Gasteiger partial charge in [-0.2, -0.15) is 0 Å². The van der Waals surface area contributed by atoms with Crippen molar-refractivity contribution in [2.45, 2.75) is 57.7 Å². The molecule has 7 nitrogen and oxygen atoms in total. The zero-order valence-corrected chi connectivity index (χ0v) is 22.8. The van der Waals surface area contributed by atoms with Crippen LogP contribution in [-0.4, -0.2) is 50.9 Å². The molecule has 1 N–H and O–H groups in total. The maximum Gasteiger partial charge on any atom is 0.294 e. The Morgan fingerprint density at radius 2 is 1.84 bits per heavy atom. The van der Waals surface area contributed by atoms with Crippen molar-refractivity contribution in [3.63, 3.8) is 0 Å². The highest BCUT2D eigenvalue weighted by Crippen LogP contribution is 2.44. The number of amides is 2. The molecule has 38 heavy (non-hydrogen) atoms. The first-order chi connectivity index (χ1) is 18.3. The number of rotatable bonds is 7. The van der Waals surface area contributed by atoms with Crippen LogP contribution in [0.3, 0.4) is 0 Å². The first-order valence-corrected chi connectivity index (χ1v) is 14.2. The molecule has 2 atom stereocenters. The molecule has 2 aromatic rings. The molecular formula is C30H33N3O4S. The second-order valence-corrected chi connectivity index (χ2v) is 12.1. The van der Waals surface area contributed by atoms with Crippen LogP contribution < -0.4 is 4.90 Å². The van der Waals surface area contributed by atoms with E-state index in [1.807, 2.05) is 49.9 Å². The predicted molar refractivity (Wildman–Crippen MR) is 150 cm³/mol. The van der Waals surface area contributed by atoms with E-state index in [4.69, 9.17) is 0 Å². The number of nitrogens with zero attached hydrogens (tertiary/aromatic N) is 3. The summed E-state index contributed by atoms with van der Waals surface area (Å²) >= 11 is 1.82. The highest BCUT2D eigenvalue weighted by molar-refractivity contribution is 8.09. The molecule has 1 fully saturated rings. The first-order valence-electron chi connectivity index (χ1n) is 13.3. The number of carbonyl (C=O) groups is 3. The van der Waals surface area contributed by atoms with Gasteiger partial charge in [0.1, 0.15) is 5.69 Å². The molecule has 5 rings (SSSR count). The molecular weight excluding hydrogens is 498 g/mol. The van der Waals surface area contributed by atoms with E-state index in [9.17, 15) is 19.5 Å². The average molecular weight is 532 g/mol. The Bertz CT molecular complexity index is 1330. The number of anilines is 1. The number of Topliss-reactive ketones (excluding diaryl/α,β-unsaturated/α-hetero) is 1. The summed E-state index contributed by atoms with van der Waals surface area (Å²) in [5.74, 6) is -1.70. The molecule has 0 aliphatic carbocycles. The minimum atomic E-state index is -0.949. The number of aliphatic hydroxyl groups is 1. The lowest BCUT2D eigenvalue weighted by Gasteiger charge is -2.29. The second-order valence-electron chi connectivity index (χ2n) is 10.6. The van der Waals surface area contributed by atoms with Crippen molar-refractivity contribution in [1.29, 1.82) is 0 Å². The Labute approximate surface area is 227 Å². The normalized spacial score (nSPS) is 21.6. The minimum absolute atomic E-state index is 0.0270. The molecule has 198 valence electrons. The summed E-state index contributed by atoms with van der Waals surface area (Å²) in [6.07, 6.45) is 6.82. The van der Waals surface area contributed by atoms with Crippen LogP contribution in [0.15, 0.2) is 60.0 Å². The third-order valence-electron chi connectivity index (χ3n) is 7.22. The lowest BCUT2D eigenvalue weighted by molar-refractivity contribution is -0.118. The van der Waals surface area contributed by atoms with Crippen LogP contribution in [0.4, 0.5) is 5.69 Å². The smallest absolute Gasteiger partial charge is 0.294 e. The molecule has 3 aliphatic rings. The van der Waals surface area contributed by atoms with Crippen molar-refractivity contribution in [3.05, 3.63) is 76.8 Å². The molecule has 0 saturated carbocycles. The van der Waals surface area contributed by atoms with Crippen molar-refractivity contribution in [1.82, 2.24) is 9.88 Å². The van der Waals surface area contributed by atoms with Gasteiger partial charge >= 0.3 is 0 Å². The lowest BCUT2D eigenvalue weighted by Crippen LogP contribution is -2.34. The van der Waals surface area contributed by atoms with Crippen LogP contribution in [0.25, 0.3) is 4.91 Å². The highest BCUT2D eigenvalue weighted by Gasteiger charge is 2.46. The molecule has 3 aliphatic heterocycles. The van der Waals surface area contributed by atoms with Gasteiger partial charge in [0, 0.05) is 47.1 Å². The number of likely N-dealkylation sites (tertiary alicyclic amines) is 1. The van der Waals surface area contributed by atoms with Crippen LogP contribution >= 0.6 is 11.8 Å². The third-order valence-corrected chi connectivity index (χ3v) is 8.48. The van der Waals surface area contributed by atoms with Gasteiger partial charge in [0.15, 0.2) is 11.5 Å². The fourth-order valence-electron chi connectivity index (χ4n) is 5.38. The SMILES string of the molecule is CC(C)CC(=O)C1=C(O)C(=O)N(c2ccc(C3=CCC(C)S3)cc2)C1c1cccnc1C(=O)N1CCCC1. The van der Waals surface area contributed by atoms with Gasteiger partial charge < -0.3 is 10.0 Å². The van der Waals surface area contributed by atoms with Crippen molar-refractivity contribution < 1.29 is 19.5 Å². The van der Waals surface area contributed by atoms with E-state index in [1.54, 1.807) is 23.2 Å². The highest BCUT2D eigenvalue weighted by atomic mass is 32.2. The van der Waals surface area contributed by atoms with Crippen molar-refractivity contribution in [2.75, 3.05) is 18.0 Å². The van der Waals surface area contributed by atoms with Gasteiger partial charge in [-0.1, -0.05) is 45.0 Å². The van der Waals surface area contributed by atoms with Crippen LogP contribution in [-0.2, 0) is 9.59 Å². The minimum Gasteiger partial charge on any atom is -0.503 e. The van der Waals surface area contributed by atoms with Crippen LogP contribution in [0.1, 0.15) is 74.1 Å². The molecule has 0 bridgehead atoms. The molecule has 1 aromatic carbocycles. The molecule has 0 radical (unpaired) electrons. The topological polar surface area (TPSA) is 90.8 Å². The monoisotopic (exact) mass is 531 g/mol. The Kier molecular flexibility index (Phi) is 7.43. The Balaban J connectivity index is 1.59. The number of ketones is 1. The summed E-state index contributed by atoms with van der Waals surface area (Å²) < 4.78 is 0. The largest absolute Gasteiger partial charge is 0.503 e. The van der Waals surface area contributed by atoms with E-state index in [0.717, 1.165) is 24.8 Å². The molecule has 1 saturated heterocycles. The molecule has 1 aromatic heterocycles. The van der Waals surface area contributed by atoms with Crippen LogP contribution in [0.5, 0.6) is 0 Å². The van der Waals surface area contributed by atoms with E-state index in [0.29, 0.717) is 29.6 Å². The standard InChI is InChI=1S/C30H33N3O4S/c1-18(2)17-23(34)25-27(22-7-6-14-31-26(22)29(36)32-15-4-5-16-32)33(30(37)28(25)35)21-11-9-20(10-12-21)24-13-8-19(3)38-24/h6-7,9-14,18-19,27,35H,4-5,8,15-17H2,1-3H3. The van der Waals surface area contributed by atoms with E-state index in [2.05, 4.69) is 18.0 Å². The summed E-state index contributed by atoms with van der Waals surface area (Å²) in [6.45, 7) is 7.32. The number of aliphatic hydroxyl groups excluding tert-OH is 1. The number of thioether (sulfide) groups is 1. The fourth-order valence-corrected chi connectivity index (χ4v) is 6.47. The number of aromatic nitrogens is 1. The van der Waals surface area contributed by atoms with Gasteiger partial charge in [-0.15, -0.1) is 11.8 Å². The van der Waals surface area contributed by atoms with Crippen molar-refractivity contribution >= 4 is 40.0 Å². The summed E-state index contributed by atoms with van der Waals surface area (Å²) in [5, 5.41) is 11.6. The Morgan fingerprint density at radius 3 is 2.47 bits per heavy atom. The number of hydrogen-bond donors (Lipinski definition) is 1. The van der Waals surface area contributed by atoms with E-state index in [-0.39, 0.29) is 35.3 Å². The molecule has 2 amide bonds. The first kappa shape index (κ1) is 26.2. The van der Waals surface area contributed by atoms with Gasteiger partial charge in [0.2, 0.25) is 0 Å². The van der Waals surface area contributed by atoms with Crippen molar-refractivity contribution in [2.24, 2.45) is 5.92 Å². The number of benzene rings is 1. The molecule has 4 heterocycles. The fraction of sp³-hybridized carbons (Fsp3) is 0.400. The summed E-state index contributed by atoms with van der Waals surface area (Å²) in [6, 6.07) is 10.1. The maximum absolute atomic E-state index is 13.5. The molecule has 2 unspecified atom stereocenters. The predicted octanol–water partition coefficient (Wildman–Crippen LogP) is 5.70. The van der Waals surface area contributed by atoms with Crippen LogP contribution in [0, 0.1) is 5.92 Å². The maximum atomic E-state index is 13.5. The summed E-state index contributed by atoms with van der Waals surface area (Å²) in [4.78, 5) is 49.3. The van der Waals surface area contributed by atoms with E-state index in [1.165, 1.54) is 9.81 Å². The number of hydrogen-bond acceptors (Lipinski definition) is 6. The van der Waals surface area contributed by atoms with Gasteiger partial charge in [-0.25, -0.2) is 0 Å². The van der Waals surface area contributed by atoms with E-state index >= 15 is 0 Å². The number of carbonyl (C=O) groups excluding carboxylic acids is 3. The number of pyridine rings is 1. The second kappa shape index (κ2) is 10.8. The Morgan fingerprint density at radius 1 is 1.13 bits per heavy atom. The zero-order chi connectivity index (χ0) is 27.0. The van der Waals surface area contributed by atoms with Gasteiger partial charge in [-0.3, -0.25) is 24.3 Å². The van der Waals surface area contributed by atoms with Gasteiger partial charge in [0.25, 0.3) is 11.8 Å². The van der Waals surface area contributed by atoms with Gasteiger partial charge in [-0.05, 0) is 48.9 Å². The Hall–Kier alpha value is -3.39. The number of allylic oxidation sites excluding steroid dienone is 1. The summed E-state index contributed by atoms with van der Waals surface area (Å²) in [7, 11) is 0. The van der Waals surface area contributed by atoms with Crippen LogP contribution in [0.2, 0.25) is 0 Å². The average Bonchev–Trinajstić information content (AvgIpc) is 3.64. The van der Waals surface area contributed by atoms with Crippen molar-refractivity contribution in [3.8, 4) is 0 Å². The van der Waals surface area contributed by atoms with Gasteiger partial charge in [0.05, 0.1) is 11.6 Å². The zero-order valence-electron chi connectivity index (χ0n) is 22.0. The molecule has 8 heteroatoms. The molecule has 0 spiro atoms. The quantitative estimate of drug-likeness (QED) is 0.493. The van der Waals surface area contributed by atoms with E-state index < -0.39 is 17.7 Å².